The van der Waals surface area contributed by atoms with Crippen molar-refractivity contribution >= 4 is 6.09 Å². The molecule has 0 heterocycles. The zero-order valence-electron chi connectivity index (χ0n) is 12.9. The number of carbonyl (C=O) groups is 1. The van der Waals surface area contributed by atoms with E-state index in [0.717, 1.165) is 25.7 Å². The van der Waals surface area contributed by atoms with Crippen molar-refractivity contribution in [1.82, 2.24) is 5.32 Å². The molecule has 5 heteroatoms. The number of aliphatic hydroxyl groups excluding tert-OH is 1. The molecule has 0 spiro atoms. The molecule has 0 aromatic rings. The Labute approximate surface area is 154 Å². The third-order valence-electron chi connectivity index (χ3n) is 2.36. The van der Waals surface area contributed by atoms with Crippen LogP contribution in [0, 0.1) is 64.0 Å². The maximum atomic E-state index is 10.1. The van der Waals surface area contributed by atoms with Crippen molar-refractivity contribution in [3.05, 3.63) is 22.3 Å². The Morgan fingerprint density at radius 1 is 0.789 bits per heavy atom. The van der Waals surface area contributed by atoms with E-state index in [2.05, 4.69) is 5.32 Å². The van der Waals surface area contributed by atoms with E-state index in [9.17, 15) is 4.79 Å². The van der Waals surface area contributed by atoms with Gasteiger partial charge in [-0.25, -0.2) is 4.79 Å². The quantitative estimate of drug-likeness (QED) is 0.385. The molecule has 0 bridgehead atoms. The number of rotatable bonds is 10. The van der Waals surface area contributed by atoms with E-state index in [0.29, 0.717) is 13.2 Å². The molecular weight excluding hydrogens is 370 g/mol. The van der Waals surface area contributed by atoms with Crippen LogP contribution in [0.4, 0.5) is 4.79 Å². The van der Waals surface area contributed by atoms with Crippen molar-refractivity contribution in [3.8, 4) is 0 Å². The van der Waals surface area contributed by atoms with E-state index in [1.165, 1.54) is 25.7 Å². The summed E-state index contributed by atoms with van der Waals surface area (Å²) in [4.78, 5) is 10.1. The number of amides is 1. The molecule has 0 unspecified atom stereocenters. The van der Waals surface area contributed by atoms with Gasteiger partial charge in [0.2, 0.25) is 0 Å². The molecule has 0 aliphatic rings. The fourth-order valence-corrected chi connectivity index (χ4v) is 1.49. The van der Waals surface area contributed by atoms with Crippen LogP contribution < -0.4 is 5.32 Å². The van der Waals surface area contributed by atoms with Gasteiger partial charge >= 0.3 is 47.8 Å². The number of nitrogens with one attached hydrogen (secondary N) is 1. The predicted molar refractivity (Wildman–Crippen MR) is 79.3 cm³/mol. The summed E-state index contributed by atoms with van der Waals surface area (Å²) in [5, 5.41) is 19.2. The van der Waals surface area contributed by atoms with Crippen LogP contribution >= 0.6 is 0 Å². The molecule has 0 rings (SSSR count). The summed E-state index contributed by atoms with van der Waals surface area (Å²) >= 11 is 0. The smallest absolute Gasteiger partial charge is 0.465 e. The molecule has 19 heavy (non-hydrogen) atoms. The Morgan fingerprint density at radius 2 is 1.16 bits per heavy atom. The van der Waals surface area contributed by atoms with Gasteiger partial charge in [-0.05, 0) is 12.8 Å². The summed E-state index contributed by atoms with van der Waals surface area (Å²) < 4.78 is 0. The van der Waals surface area contributed by atoms with Gasteiger partial charge in [-0.1, -0.05) is 38.5 Å². The zero-order valence-corrected chi connectivity index (χ0v) is 16.0. The number of hydrogen-bond donors (Lipinski definition) is 3. The van der Waals surface area contributed by atoms with Crippen molar-refractivity contribution in [3.63, 3.8) is 0 Å². The van der Waals surface area contributed by atoms with Crippen molar-refractivity contribution in [1.29, 1.82) is 0 Å². The van der Waals surface area contributed by atoms with Crippen molar-refractivity contribution in [2.75, 3.05) is 13.2 Å². The summed E-state index contributed by atoms with van der Waals surface area (Å²) in [6, 6.07) is 0. The van der Waals surface area contributed by atoms with Crippen molar-refractivity contribution in [2.24, 2.45) is 0 Å². The van der Waals surface area contributed by atoms with Crippen molar-refractivity contribution < 1.29 is 56.8 Å². The molecule has 0 aromatic carbocycles. The SMILES string of the molecule is O=C(O)NCCCCCCCCCCO.[CH3-].[CH3-].[CH3-].[Ce+3]. The minimum absolute atomic E-state index is 0. The van der Waals surface area contributed by atoms with E-state index in [1.54, 1.807) is 0 Å². The zero-order chi connectivity index (χ0) is 11.4. The van der Waals surface area contributed by atoms with Gasteiger partial charge in [0.1, 0.15) is 0 Å². The van der Waals surface area contributed by atoms with Gasteiger partial charge in [0.25, 0.3) is 0 Å². The minimum atomic E-state index is -0.931. The molecule has 115 valence electrons. The molecule has 0 atom stereocenters. The van der Waals surface area contributed by atoms with Crippen LogP contribution in [0.3, 0.4) is 0 Å². The Bertz CT molecular complexity index is 158. The second kappa shape index (κ2) is 27.0. The van der Waals surface area contributed by atoms with Crippen LogP contribution in [-0.4, -0.2) is 29.5 Å². The van der Waals surface area contributed by atoms with Gasteiger partial charge in [0.05, 0.1) is 0 Å². The monoisotopic (exact) mass is 402 g/mol. The summed E-state index contributed by atoms with van der Waals surface area (Å²) in [5.74, 6) is 0. The number of aliphatic hydroxyl groups is 1. The number of unbranched alkanes of at least 4 members (excludes halogenated alkanes) is 7. The van der Waals surface area contributed by atoms with Crippen LogP contribution in [0.1, 0.15) is 51.4 Å². The third-order valence-corrected chi connectivity index (χ3v) is 2.36. The Hall–Kier alpha value is 0.607. The predicted octanol–water partition coefficient (Wildman–Crippen LogP) is 3.72. The Morgan fingerprint density at radius 3 is 1.53 bits per heavy atom. The van der Waals surface area contributed by atoms with Crippen molar-refractivity contribution in [2.45, 2.75) is 51.4 Å². The number of carboxylic acid groups (broad SMARTS) is 1. The molecule has 0 fully saturated rings. The number of hydrogen-bond acceptors (Lipinski definition) is 2. The molecule has 0 aromatic heterocycles. The Balaban J connectivity index is -0.000000163. The van der Waals surface area contributed by atoms with E-state index in [1.807, 2.05) is 0 Å². The summed E-state index contributed by atoms with van der Waals surface area (Å²) in [5.41, 5.74) is 0. The molecule has 0 aliphatic carbocycles. The van der Waals surface area contributed by atoms with Crippen LogP contribution in [-0.2, 0) is 0 Å². The van der Waals surface area contributed by atoms with Gasteiger partial charge in [-0.3, -0.25) is 0 Å². The third kappa shape index (κ3) is 32.3. The van der Waals surface area contributed by atoms with Gasteiger partial charge in [0.15, 0.2) is 0 Å². The topological polar surface area (TPSA) is 69.6 Å². The molecule has 1 amide bonds. The largest absolute Gasteiger partial charge is 3.00 e. The van der Waals surface area contributed by atoms with E-state index >= 15 is 0 Å². The maximum absolute atomic E-state index is 10.1. The molecule has 1 radical (unpaired) electrons. The fourth-order valence-electron chi connectivity index (χ4n) is 1.49. The first-order valence-corrected chi connectivity index (χ1v) is 5.85. The average molecular weight is 403 g/mol. The van der Waals surface area contributed by atoms with Gasteiger partial charge in [0, 0.05) is 13.2 Å². The van der Waals surface area contributed by atoms with Gasteiger partial charge in [-0.2, -0.15) is 0 Å². The summed E-state index contributed by atoms with van der Waals surface area (Å²) in [7, 11) is 0. The first-order chi connectivity index (χ1) is 7.27. The van der Waals surface area contributed by atoms with E-state index < -0.39 is 6.09 Å². The Kier molecular flexibility index (Phi) is 45.3. The molecule has 0 saturated carbocycles. The maximum Gasteiger partial charge on any atom is 3.00 e. The van der Waals surface area contributed by atoms with Crippen LogP contribution in [0.25, 0.3) is 0 Å². The second-order valence-electron chi connectivity index (χ2n) is 3.78. The van der Waals surface area contributed by atoms with E-state index in [-0.39, 0.29) is 64.0 Å². The minimum Gasteiger partial charge on any atom is -0.465 e. The first kappa shape index (κ1) is 31.8. The second-order valence-corrected chi connectivity index (χ2v) is 3.78. The normalized spacial score (nSPS) is 8.05. The standard InChI is InChI=1S/C11H23NO3.3CH3.Ce/c13-10-8-6-4-2-1-3-5-7-9-12-11(14)15;;;;/h12-13H,1-10H2,(H,14,15);3*1H3;/q;3*-1;+3. The summed E-state index contributed by atoms with van der Waals surface area (Å²) in [6.07, 6.45) is 7.97. The van der Waals surface area contributed by atoms with Crippen LogP contribution in [0.15, 0.2) is 0 Å². The fraction of sp³-hybridized carbons (Fsp3) is 0.714. The van der Waals surface area contributed by atoms with Crippen LogP contribution in [0.2, 0.25) is 0 Å². The van der Waals surface area contributed by atoms with Crippen LogP contribution in [0.5, 0.6) is 0 Å². The first-order valence-electron chi connectivity index (χ1n) is 5.85. The molecule has 0 aliphatic heterocycles. The molecule has 3 N–H and O–H groups in total. The summed E-state index contributed by atoms with van der Waals surface area (Å²) in [6.45, 7) is 0.876. The molecule has 4 nitrogen and oxygen atoms in total. The van der Waals surface area contributed by atoms with Gasteiger partial charge < -0.3 is 37.8 Å². The molecule has 0 saturated heterocycles. The van der Waals surface area contributed by atoms with E-state index in [4.69, 9.17) is 10.2 Å². The average Bonchev–Trinajstić information content (AvgIpc) is 2.20. The van der Waals surface area contributed by atoms with Gasteiger partial charge in [-0.15, -0.1) is 0 Å². The molecular formula is C14H32CeNO3.